The molecule has 0 aliphatic carbocycles. The number of aromatic nitrogens is 1. The largest absolute Gasteiger partial charge is 0.488 e. The first-order valence-corrected chi connectivity index (χ1v) is 4.61. The Morgan fingerprint density at radius 3 is 2.88 bits per heavy atom. The maximum Gasteiger partial charge on any atom is 0.488 e. The van der Waals surface area contributed by atoms with Crippen LogP contribution in [0.3, 0.4) is 0 Å². The molecular formula is C9H9BN2O4. The third kappa shape index (κ3) is 1.90. The van der Waals surface area contributed by atoms with E-state index in [2.05, 4.69) is 10.5 Å². The molecule has 0 saturated heterocycles. The molecule has 2 rings (SSSR count). The molecule has 3 N–H and O–H groups in total. The van der Waals surface area contributed by atoms with Crippen LogP contribution in [-0.2, 0) is 4.79 Å². The van der Waals surface area contributed by atoms with Gasteiger partial charge in [-0.3, -0.25) is 4.79 Å². The average Bonchev–Trinajstić information content (AvgIpc) is 2.60. The summed E-state index contributed by atoms with van der Waals surface area (Å²) in [7, 11) is -1.56. The van der Waals surface area contributed by atoms with Gasteiger partial charge < -0.3 is 19.9 Å². The minimum Gasteiger partial charge on any atom is -0.423 e. The minimum absolute atomic E-state index is 0.249. The smallest absolute Gasteiger partial charge is 0.423 e. The van der Waals surface area contributed by atoms with E-state index < -0.39 is 7.12 Å². The topological polar surface area (TPSA) is 95.6 Å². The summed E-state index contributed by atoms with van der Waals surface area (Å²) in [5.74, 6) is 0.0722. The summed E-state index contributed by atoms with van der Waals surface area (Å²) in [6, 6.07) is 4.58. The number of hydrogen-bond donors (Lipinski definition) is 3. The zero-order valence-corrected chi connectivity index (χ0v) is 8.47. The van der Waals surface area contributed by atoms with Crippen LogP contribution in [0, 0.1) is 0 Å². The molecule has 0 fully saturated rings. The van der Waals surface area contributed by atoms with Crippen LogP contribution in [0.4, 0.5) is 5.82 Å². The van der Waals surface area contributed by atoms with Crippen LogP contribution >= 0.6 is 0 Å². The summed E-state index contributed by atoms with van der Waals surface area (Å²) in [6.07, 6.45) is 0. The predicted molar refractivity (Wildman–Crippen MR) is 58.1 cm³/mol. The summed E-state index contributed by atoms with van der Waals surface area (Å²) in [4.78, 5) is 10.9. The van der Waals surface area contributed by atoms with Gasteiger partial charge in [-0.05, 0) is 17.6 Å². The number of anilines is 1. The van der Waals surface area contributed by atoms with Crippen molar-refractivity contribution in [2.24, 2.45) is 0 Å². The number of fused-ring (bicyclic) bond motifs is 1. The van der Waals surface area contributed by atoms with Gasteiger partial charge in [-0.2, -0.15) is 0 Å². The van der Waals surface area contributed by atoms with E-state index in [4.69, 9.17) is 14.6 Å². The Morgan fingerprint density at radius 1 is 1.50 bits per heavy atom. The number of benzene rings is 1. The van der Waals surface area contributed by atoms with E-state index in [9.17, 15) is 4.79 Å². The minimum atomic E-state index is -1.56. The first-order chi connectivity index (χ1) is 7.58. The SMILES string of the molecule is CC(=O)Nc1noc2cc(B(O)O)ccc12. The lowest BCUT2D eigenvalue weighted by molar-refractivity contribution is -0.114. The second-order valence-electron chi connectivity index (χ2n) is 3.34. The fourth-order valence-electron chi connectivity index (χ4n) is 1.37. The number of amides is 1. The number of carbonyl (C=O) groups excluding carboxylic acids is 1. The summed E-state index contributed by atoms with van der Waals surface area (Å²) in [5.41, 5.74) is 0.687. The molecule has 1 aromatic heterocycles. The van der Waals surface area contributed by atoms with Crippen LogP contribution in [0.5, 0.6) is 0 Å². The molecule has 1 aromatic carbocycles. The van der Waals surface area contributed by atoms with Crippen molar-refractivity contribution in [3.8, 4) is 0 Å². The lowest BCUT2D eigenvalue weighted by Gasteiger charge is -1.98. The monoisotopic (exact) mass is 220 g/mol. The Bertz CT molecular complexity index is 537. The van der Waals surface area contributed by atoms with Crippen LogP contribution < -0.4 is 10.8 Å². The molecule has 0 bridgehead atoms. The highest BCUT2D eigenvalue weighted by molar-refractivity contribution is 6.58. The predicted octanol–water partition coefficient (Wildman–Crippen LogP) is -0.534. The van der Waals surface area contributed by atoms with E-state index in [-0.39, 0.29) is 5.91 Å². The van der Waals surface area contributed by atoms with Crippen molar-refractivity contribution in [3.05, 3.63) is 18.2 Å². The fourth-order valence-corrected chi connectivity index (χ4v) is 1.37. The fraction of sp³-hybridized carbons (Fsp3) is 0.111. The second-order valence-corrected chi connectivity index (χ2v) is 3.34. The van der Waals surface area contributed by atoms with E-state index in [0.29, 0.717) is 22.2 Å². The van der Waals surface area contributed by atoms with Gasteiger partial charge in [-0.1, -0.05) is 11.2 Å². The van der Waals surface area contributed by atoms with E-state index in [0.717, 1.165) is 0 Å². The summed E-state index contributed by atoms with van der Waals surface area (Å²) >= 11 is 0. The van der Waals surface area contributed by atoms with Gasteiger partial charge in [0, 0.05) is 6.92 Å². The lowest BCUT2D eigenvalue weighted by atomic mass is 9.80. The quantitative estimate of drug-likeness (QED) is 0.591. The number of nitrogens with one attached hydrogen (secondary N) is 1. The Kier molecular flexibility index (Phi) is 2.63. The van der Waals surface area contributed by atoms with E-state index in [1.807, 2.05) is 0 Å². The maximum absolute atomic E-state index is 10.9. The molecule has 7 heteroatoms. The molecule has 0 saturated carbocycles. The molecule has 0 atom stereocenters. The van der Waals surface area contributed by atoms with Crippen LogP contribution in [0.2, 0.25) is 0 Å². The highest BCUT2D eigenvalue weighted by atomic mass is 16.5. The zero-order chi connectivity index (χ0) is 11.7. The Balaban J connectivity index is 2.46. The third-order valence-electron chi connectivity index (χ3n) is 2.09. The molecule has 2 aromatic rings. The standard InChI is InChI=1S/C9H9BN2O4/c1-5(13)11-9-7-3-2-6(10(14)15)4-8(7)16-12-9/h2-4,14-15H,1H3,(H,11,12,13). The number of rotatable bonds is 2. The van der Waals surface area contributed by atoms with Crippen LogP contribution in [0.1, 0.15) is 6.92 Å². The summed E-state index contributed by atoms with van der Waals surface area (Å²) in [5, 5.41) is 24.7. The average molecular weight is 220 g/mol. The number of carbonyl (C=O) groups is 1. The molecule has 1 amide bonds. The Morgan fingerprint density at radius 2 is 2.25 bits per heavy atom. The van der Waals surface area contributed by atoms with Crippen molar-refractivity contribution in [2.45, 2.75) is 6.92 Å². The molecule has 0 spiro atoms. The Labute approximate surface area is 91.0 Å². The number of hydrogen-bond acceptors (Lipinski definition) is 5. The molecule has 16 heavy (non-hydrogen) atoms. The number of nitrogens with zero attached hydrogens (tertiary/aromatic N) is 1. The van der Waals surface area contributed by atoms with Crippen molar-refractivity contribution in [1.29, 1.82) is 0 Å². The van der Waals surface area contributed by atoms with Gasteiger partial charge in [0.05, 0.1) is 5.39 Å². The van der Waals surface area contributed by atoms with Crippen molar-refractivity contribution in [3.63, 3.8) is 0 Å². The molecule has 82 valence electrons. The van der Waals surface area contributed by atoms with Crippen molar-refractivity contribution in [2.75, 3.05) is 5.32 Å². The van der Waals surface area contributed by atoms with Crippen LogP contribution in [0.15, 0.2) is 22.7 Å². The van der Waals surface area contributed by atoms with Crippen LogP contribution in [0.25, 0.3) is 11.0 Å². The summed E-state index contributed by atoms with van der Waals surface area (Å²) in [6.45, 7) is 1.37. The van der Waals surface area contributed by atoms with Gasteiger partial charge in [-0.25, -0.2) is 0 Å². The first-order valence-electron chi connectivity index (χ1n) is 4.61. The second kappa shape index (κ2) is 3.95. The first kappa shape index (κ1) is 10.7. The highest BCUT2D eigenvalue weighted by Crippen LogP contribution is 2.21. The van der Waals surface area contributed by atoms with E-state index in [1.54, 1.807) is 6.07 Å². The van der Waals surface area contributed by atoms with Crippen LogP contribution in [-0.4, -0.2) is 28.2 Å². The van der Waals surface area contributed by atoms with Crippen molar-refractivity contribution >= 4 is 35.3 Å². The van der Waals surface area contributed by atoms with Gasteiger partial charge in [0.2, 0.25) is 5.91 Å². The molecule has 0 unspecified atom stereocenters. The van der Waals surface area contributed by atoms with Crippen molar-refractivity contribution < 1.29 is 19.4 Å². The molecule has 0 radical (unpaired) electrons. The van der Waals surface area contributed by atoms with Gasteiger partial charge in [0.1, 0.15) is 0 Å². The normalized spacial score (nSPS) is 10.4. The van der Waals surface area contributed by atoms with E-state index in [1.165, 1.54) is 19.1 Å². The molecule has 1 heterocycles. The molecule has 0 aliphatic rings. The highest BCUT2D eigenvalue weighted by Gasteiger charge is 2.15. The third-order valence-corrected chi connectivity index (χ3v) is 2.09. The van der Waals surface area contributed by atoms with Crippen molar-refractivity contribution in [1.82, 2.24) is 5.16 Å². The lowest BCUT2D eigenvalue weighted by Crippen LogP contribution is -2.29. The molecule has 6 nitrogen and oxygen atoms in total. The summed E-state index contributed by atoms with van der Waals surface area (Å²) < 4.78 is 4.95. The Hall–Kier alpha value is -1.86. The van der Waals surface area contributed by atoms with Gasteiger partial charge in [0.25, 0.3) is 0 Å². The maximum atomic E-state index is 10.9. The van der Waals surface area contributed by atoms with Gasteiger partial charge >= 0.3 is 7.12 Å². The van der Waals surface area contributed by atoms with E-state index >= 15 is 0 Å². The van der Waals surface area contributed by atoms with Gasteiger partial charge in [0.15, 0.2) is 11.4 Å². The molecular weight excluding hydrogens is 211 g/mol. The zero-order valence-electron chi connectivity index (χ0n) is 8.47. The van der Waals surface area contributed by atoms with Gasteiger partial charge in [-0.15, -0.1) is 0 Å². The molecule has 0 aliphatic heterocycles.